The number of aromatic nitrogens is 4. The summed E-state index contributed by atoms with van der Waals surface area (Å²) in [5, 5.41) is 12.3. The van der Waals surface area contributed by atoms with E-state index in [1.54, 1.807) is 12.4 Å². The topological polar surface area (TPSA) is 104 Å². The van der Waals surface area contributed by atoms with Gasteiger partial charge in [-0.25, -0.2) is 13.1 Å². The van der Waals surface area contributed by atoms with Gasteiger partial charge in [-0.15, -0.1) is 0 Å². The third kappa shape index (κ3) is 2.22. The minimum atomic E-state index is -3.50. The molecule has 2 aromatic rings. The molecule has 0 atom stereocenters. The fourth-order valence-corrected chi connectivity index (χ4v) is 1.95. The summed E-state index contributed by atoms with van der Waals surface area (Å²) >= 11 is 0. The zero-order valence-electron chi connectivity index (χ0n) is 7.64. The highest BCUT2D eigenvalue weighted by molar-refractivity contribution is 7.89. The Kier molecular flexibility index (Phi) is 2.52. The minimum Gasteiger partial charge on any atom is -0.285 e. The average molecular weight is 227 g/mol. The number of nitrogens with one attached hydrogen (secondary N) is 3. The van der Waals surface area contributed by atoms with E-state index >= 15 is 0 Å². The number of hydrogen-bond acceptors (Lipinski definition) is 4. The molecule has 0 bridgehead atoms. The van der Waals surface area contributed by atoms with Gasteiger partial charge in [-0.05, 0) is 6.07 Å². The maximum atomic E-state index is 11.6. The van der Waals surface area contributed by atoms with Crippen molar-refractivity contribution in [2.75, 3.05) is 0 Å². The molecule has 0 amide bonds. The first-order chi connectivity index (χ1) is 7.18. The van der Waals surface area contributed by atoms with Crippen LogP contribution in [0, 0.1) is 0 Å². The highest BCUT2D eigenvalue weighted by Crippen LogP contribution is 2.03. The van der Waals surface area contributed by atoms with Gasteiger partial charge in [0.05, 0.1) is 12.4 Å². The van der Waals surface area contributed by atoms with Crippen LogP contribution in [-0.2, 0) is 16.6 Å². The first-order valence-corrected chi connectivity index (χ1v) is 5.63. The van der Waals surface area contributed by atoms with Gasteiger partial charge in [0.2, 0.25) is 0 Å². The number of H-pyrrole nitrogens is 2. The third-order valence-electron chi connectivity index (χ3n) is 1.79. The van der Waals surface area contributed by atoms with Crippen LogP contribution < -0.4 is 4.72 Å². The summed E-state index contributed by atoms with van der Waals surface area (Å²) in [6.45, 7) is 0.192. The second-order valence-electron chi connectivity index (χ2n) is 2.85. The van der Waals surface area contributed by atoms with Crippen LogP contribution in [0.1, 0.15) is 5.56 Å². The molecule has 3 N–H and O–H groups in total. The van der Waals surface area contributed by atoms with Gasteiger partial charge < -0.3 is 0 Å². The van der Waals surface area contributed by atoms with E-state index in [-0.39, 0.29) is 11.6 Å². The summed E-state index contributed by atoms with van der Waals surface area (Å²) < 4.78 is 25.6. The van der Waals surface area contributed by atoms with Crippen molar-refractivity contribution in [1.82, 2.24) is 25.1 Å². The van der Waals surface area contributed by atoms with Gasteiger partial charge in [-0.3, -0.25) is 10.2 Å². The normalized spacial score (nSPS) is 11.7. The molecule has 0 fully saturated rings. The summed E-state index contributed by atoms with van der Waals surface area (Å²) in [6, 6.07) is 1.39. The molecular weight excluding hydrogens is 218 g/mol. The molecule has 0 saturated carbocycles. The Morgan fingerprint density at radius 3 is 2.87 bits per heavy atom. The van der Waals surface area contributed by atoms with E-state index in [1.807, 2.05) is 0 Å². The van der Waals surface area contributed by atoms with E-state index in [0.29, 0.717) is 0 Å². The van der Waals surface area contributed by atoms with Crippen LogP contribution >= 0.6 is 0 Å². The number of rotatable bonds is 4. The monoisotopic (exact) mass is 227 g/mol. The Morgan fingerprint density at radius 1 is 1.40 bits per heavy atom. The van der Waals surface area contributed by atoms with E-state index in [9.17, 15) is 8.42 Å². The van der Waals surface area contributed by atoms with Gasteiger partial charge in [0.15, 0.2) is 5.03 Å². The summed E-state index contributed by atoms with van der Waals surface area (Å²) in [4.78, 5) is 0. The summed E-state index contributed by atoms with van der Waals surface area (Å²) in [6.07, 6.45) is 4.55. The van der Waals surface area contributed by atoms with Gasteiger partial charge in [-0.2, -0.15) is 10.2 Å². The summed E-state index contributed by atoms with van der Waals surface area (Å²) in [7, 11) is -3.50. The molecule has 0 aliphatic heterocycles. The van der Waals surface area contributed by atoms with Crippen LogP contribution in [0.15, 0.2) is 29.7 Å². The number of hydrogen-bond donors (Lipinski definition) is 3. The van der Waals surface area contributed by atoms with Gasteiger partial charge in [0, 0.05) is 18.3 Å². The van der Waals surface area contributed by atoms with Crippen molar-refractivity contribution in [3.05, 3.63) is 30.2 Å². The molecule has 8 heteroatoms. The quantitative estimate of drug-likeness (QED) is 0.661. The standard InChI is InChI=1S/C7H9N5O2S/c13-15(14,7-1-2-8-12-7)11-5-6-3-9-10-4-6/h1-4,11H,5H2,(H,8,12)(H,9,10). The smallest absolute Gasteiger partial charge is 0.257 e. The van der Waals surface area contributed by atoms with Crippen molar-refractivity contribution in [3.8, 4) is 0 Å². The molecule has 0 unspecified atom stereocenters. The molecule has 0 spiro atoms. The molecule has 0 aliphatic rings. The zero-order chi connectivity index (χ0) is 10.7. The fraction of sp³-hybridized carbons (Fsp3) is 0.143. The first-order valence-electron chi connectivity index (χ1n) is 4.15. The van der Waals surface area contributed by atoms with Crippen LogP contribution in [0.5, 0.6) is 0 Å². The Morgan fingerprint density at radius 2 is 2.27 bits per heavy atom. The van der Waals surface area contributed by atoms with Gasteiger partial charge >= 0.3 is 0 Å². The molecule has 80 valence electrons. The van der Waals surface area contributed by atoms with Crippen molar-refractivity contribution in [2.24, 2.45) is 0 Å². The lowest BCUT2D eigenvalue weighted by Gasteiger charge is -2.01. The molecule has 15 heavy (non-hydrogen) atoms. The minimum absolute atomic E-state index is 0.0472. The second kappa shape index (κ2) is 3.83. The molecule has 7 nitrogen and oxygen atoms in total. The average Bonchev–Trinajstić information content (AvgIpc) is 2.88. The first kappa shape index (κ1) is 9.87. The summed E-state index contributed by atoms with van der Waals surface area (Å²) in [5.74, 6) is 0. The largest absolute Gasteiger partial charge is 0.285 e. The Hall–Kier alpha value is -1.67. The third-order valence-corrected chi connectivity index (χ3v) is 3.12. The molecular formula is C7H9N5O2S. The molecule has 0 aromatic carbocycles. The maximum absolute atomic E-state index is 11.6. The van der Waals surface area contributed by atoms with Crippen molar-refractivity contribution >= 4 is 10.0 Å². The van der Waals surface area contributed by atoms with E-state index in [1.165, 1.54) is 12.3 Å². The van der Waals surface area contributed by atoms with E-state index in [0.717, 1.165) is 5.56 Å². The van der Waals surface area contributed by atoms with Gasteiger partial charge in [0.25, 0.3) is 10.0 Å². The molecule has 2 rings (SSSR count). The second-order valence-corrected chi connectivity index (χ2v) is 4.59. The van der Waals surface area contributed by atoms with Crippen molar-refractivity contribution in [2.45, 2.75) is 11.6 Å². The van der Waals surface area contributed by atoms with E-state index in [4.69, 9.17) is 0 Å². The van der Waals surface area contributed by atoms with Crippen LogP contribution in [0.4, 0.5) is 0 Å². The van der Waals surface area contributed by atoms with Crippen LogP contribution in [0.2, 0.25) is 0 Å². The predicted octanol–water partition coefficient (Wildman–Crippen LogP) is -0.389. The highest BCUT2D eigenvalue weighted by Gasteiger charge is 2.14. The van der Waals surface area contributed by atoms with Crippen molar-refractivity contribution in [3.63, 3.8) is 0 Å². The maximum Gasteiger partial charge on any atom is 0.257 e. The SMILES string of the molecule is O=S(=O)(NCc1cn[nH]c1)c1ccn[nH]1. The van der Waals surface area contributed by atoms with Gasteiger partial charge in [-0.1, -0.05) is 0 Å². The summed E-state index contributed by atoms with van der Waals surface area (Å²) in [5.41, 5.74) is 0.762. The number of sulfonamides is 1. The van der Waals surface area contributed by atoms with Crippen molar-refractivity contribution < 1.29 is 8.42 Å². The van der Waals surface area contributed by atoms with E-state index < -0.39 is 10.0 Å². The predicted molar refractivity (Wildman–Crippen MR) is 51.2 cm³/mol. The number of aromatic amines is 2. The van der Waals surface area contributed by atoms with Crippen molar-refractivity contribution in [1.29, 1.82) is 0 Å². The zero-order valence-corrected chi connectivity index (χ0v) is 8.45. The Bertz CT molecular complexity index is 502. The van der Waals surface area contributed by atoms with Gasteiger partial charge in [0.1, 0.15) is 0 Å². The fourth-order valence-electron chi connectivity index (χ4n) is 1.02. The molecule has 0 saturated heterocycles. The van der Waals surface area contributed by atoms with Crippen LogP contribution in [-0.4, -0.2) is 28.8 Å². The molecule has 0 aliphatic carbocycles. The highest BCUT2D eigenvalue weighted by atomic mass is 32.2. The number of nitrogens with zero attached hydrogens (tertiary/aromatic N) is 2. The molecule has 0 radical (unpaired) electrons. The van der Waals surface area contributed by atoms with E-state index in [2.05, 4.69) is 25.1 Å². The molecule has 2 heterocycles. The van der Waals surface area contributed by atoms with Crippen LogP contribution in [0.25, 0.3) is 0 Å². The lowest BCUT2D eigenvalue weighted by atomic mass is 10.4. The Labute approximate surface area is 86.0 Å². The lowest BCUT2D eigenvalue weighted by molar-refractivity contribution is 0.577. The lowest BCUT2D eigenvalue weighted by Crippen LogP contribution is -2.23. The molecule has 2 aromatic heterocycles. The van der Waals surface area contributed by atoms with Crippen LogP contribution in [0.3, 0.4) is 0 Å². The Balaban J connectivity index is 2.06.